The molecule has 2 aromatic rings. The van der Waals surface area contributed by atoms with Gasteiger partial charge in [-0.3, -0.25) is 9.78 Å². The molecule has 138 valence electrons. The third kappa shape index (κ3) is 4.66. The highest BCUT2D eigenvalue weighted by Gasteiger charge is 2.25. The number of rotatable bonds is 3. The van der Waals surface area contributed by atoms with Gasteiger partial charge in [-0.25, -0.2) is 0 Å². The summed E-state index contributed by atoms with van der Waals surface area (Å²) in [5, 5.41) is 3.00. The van der Waals surface area contributed by atoms with E-state index in [0.717, 1.165) is 25.3 Å². The van der Waals surface area contributed by atoms with E-state index in [-0.39, 0.29) is 11.4 Å². The summed E-state index contributed by atoms with van der Waals surface area (Å²) in [6, 6.07) is 12.0. The Bertz CT molecular complexity index is 743. The highest BCUT2D eigenvalue weighted by molar-refractivity contribution is 14.1. The molecule has 1 saturated heterocycles. The Morgan fingerprint density at radius 1 is 1.08 bits per heavy atom. The Balaban J connectivity index is 1.66. The minimum Gasteiger partial charge on any atom is -0.367 e. The van der Waals surface area contributed by atoms with E-state index in [9.17, 15) is 4.79 Å². The van der Waals surface area contributed by atoms with E-state index in [0.29, 0.717) is 9.61 Å². The summed E-state index contributed by atoms with van der Waals surface area (Å²) < 4.78 is 0.365. The maximum absolute atomic E-state index is 12.3. The summed E-state index contributed by atoms with van der Waals surface area (Å²) in [6.45, 7) is 8.84. The summed E-state index contributed by atoms with van der Waals surface area (Å²) >= 11 is 2.49. The number of amides is 1. The van der Waals surface area contributed by atoms with Gasteiger partial charge in [-0.1, -0.05) is 22.6 Å². The fourth-order valence-electron chi connectivity index (χ4n) is 3.04. The molecular weight excluding hydrogens is 439 g/mol. The van der Waals surface area contributed by atoms with Crippen molar-refractivity contribution in [3.63, 3.8) is 0 Å². The lowest BCUT2D eigenvalue weighted by molar-refractivity contribution is 0.0919. The van der Waals surface area contributed by atoms with E-state index >= 15 is 0 Å². The number of hydrogen-bond donors (Lipinski definition) is 1. The number of carbonyl (C=O) groups is 1. The zero-order chi connectivity index (χ0) is 18.7. The van der Waals surface area contributed by atoms with Crippen LogP contribution in [-0.2, 0) is 0 Å². The molecule has 26 heavy (non-hydrogen) atoms. The van der Waals surface area contributed by atoms with Gasteiger partial charge < -0.3 is 15.1 Å². The monoisotopic (exact) mass is 464 g/mol. The summed E-state index contributed by atoms with van der Waals surface area (Å²) in [5.41, 5.74) is 2.84. The van der Waals surface area contributed by atoms with Crippen LogP contribution < -0.4 is 15.1 Å². The Hall–Kier alpha value is -1.83. The van der Waals surface area contributed by atoms with Crippen LogP contribution in [0, 0.1) is 0 Å². The molecule has 6 heteroatoms. The van der Waals surface area contributed by atoms with Gasteiger partial charge in [0.05, 0.1) is 4.05 Å². The molecular formula is C20H25IN4O. The standard InChI is InChI=1S/C20H25IN4O/c1-20(2,3)23-19(26)15-4-6-17(7-5-15)25-13-12-24(14-18(25)21)16-8-10-22-11-9-16/h4-11,18H,12-14H2,1-3H3,(H,23,26). The first kappa shape index (κ1) is 18.9. The Kier molecular flexibility index (Phi) is 5.70. The normalized spacial score (nSPS) is 17.9. The lowest BCUT2D eigenvalue weighted by Gasteiger charge is -2.41. The van der Waals surface area contributed by atoms with E-state index < -0.39 is 0 Å². The van der Waals surface area contributed by atoms with E-state index in [2.05, 4.69) is 54.8 Å². The van der Waals surface area contributed by atoms with Crippen molar-refractivity contribution in [2.45, 2.75) is 30.4 Å². The summed E-state index contributed by atoms with van der Waals surface area (Å²) in [5.74, 6) is -0.0300. The third-order valence-electron chi connectivity index (χ3n) is 4.30. The van der Waals surface area contributed by atoms with Gasteiger partial charge in [-0.05, 0) is 57.2 Å². The zero-order valence-corrected chi connectivity index (χ0v) is 17.6. The third-order valence-corrected chi connectivity index (χ3v) is 5.36. The first-order chi connectivity index (χ1) is 12.3. The number of aromatic nitrogens is 1. The molecule has 1 unspecified atom stereocenters. The van der Waals surface area contributed by atoms with Crippen LogP contribution in [0.3, 0.4) is 0 Å². The van der Waals surface area contributed by atoms with E-state index in [1.807, 2.05) is 57.4 Å². The molecule has 0 spiro atoms. The summed E-state index contributed by atoms with van der Waals surface area (Å²) in [6.07, 6.45) is 3.68. The number of nitrogens with zero attached hydrogens (tertiary/aromatic N) is 3. The van der Waals surface area contributed by atoms with Crippen molar-refractivity contribution >= 4 is 39.9 Å². The van der Waals surface area contributed by atoms with Crippen LogP contribution >= 0.6 is 22.6 Å². The van der Waals surface area contributed by atoms with Crippen molar-refractivity contribution in [2.24, 2.45) is 0 Å². The van der Waals surface area contributed by atoms with Crippen LogP contribution in [0.2, 0.25) is 0 Å². The van der Waals surface area contributed by atoms with Gasteiger partial charge in [0.2, 0.25) is 0 Å². The van der Waals surface area contributed by atoms with Crippen molar-refractivity contribution in [3.8, 4) is 0 Å². The highest BCUT2D eigenvalue weighted by Crippen LogP contribution is 2.27. The molecule has 1 atom stereocenters. The molecule has 1 amide bonds. The Labute approximate surface area is 168 Å². The van der Waals surface area contributed by atoms with Crippen LogP contribution in [0.5, 0.6) is 0 Å². The van der Waals surface area contributed by atoms with E-state index in [4.69, 9.17) is 0 Å². The number of hydrogen-bond acceptors (Lipinski definition) is 4. The number of alkyl halides is 1. The molecule has 0 bridgehead atoms. The average molecular weight is 464 g/mol. The van der Waals surface area contributed by atoms with Gasteiger partial charge in [-0.2, -0.15) is 0 Å². The van der Waals surface area contributed by atoms with Crippen molar-refractivity contribution < 1.29 is 4.79 Å². The first-order valence-electron chi connectivity index (χ1n) is 8.82. The second-order valence-electron chi connectivity index (χ2n) is 7.53. The number of carbonyl (C=O) groups excluding carboxylic acids is 1. The Morgan fingerprint density at radius 3 is 2.31 bits per heavy atom. The molecule has 1 aromatic heterocycles. The molecule has 1 aliphatic rings. The Morgan fingerprint density at radius 2 is 1.73 bits per heavy atom. The number of halogens is 1. The van der Waals surface area contributed by atoms with Gasteiger partial charge in [-0.15, -0.1) is 0 Å². The second kappa shape index (κ2) is 7.82. The van der Waals surface area contributed by atoms with Crippen LogP contribution in [0.25, 0.3) is 0 Å². The molecule has 1 aliphatic heterocycles. The smallest absolute Gasteiger partial charge is 0.251 e. The lowest BCUT2D eigenvalue weighted by Crippen LogP contribution is -2.50. The average Bonchev–Trinajstić information content (AvgIpc) is 2.61. The fourth-order valence-corrected chi connectivity index (χ4v) is 4.11. The minimum absolute atomic E-state index is 0.0300. The largest absolute Gasteiger partial charge is 0.367 e. The number of nitrogens with one attached hydrogen (secondary N) is 1. The molecule has 0 radical (unpaired) electrons. The molecule has 1 fully saturated rings. The molecule has 0 aliphatic carbocycles. The minimum atomic E-state index is -0.230. The number of anilines is 2. The molecule has 1 N–H and O–H groups in total. The van der Waals surface area contributed by atoms with Crippen LogP contribution in [0.4, 0.5) is 11.4 Å². The van der Waals surface area contributed by atoms with Gasteiger partial charge in [0.25, 0.3) is 5.91 Å². The summed E-state index contributed by atoms with van der Waals surface area (Å²) in [4.78, 5) is 21.2. The lowest BCUT2D eigenvalue weighted by atomic mass is 10.1. The van der Waals surface area contributed by atoms with Crippen LogP contribution in [-0.4, -0.2) is 40.1 Å². The van der Waals surface area contributed by atoms with Crippen molar-refractivity contribution in [3.05, 3.63) is 54.4 Å². The van der Waals surface area contributed by atoms with Crippen molar-refractivity contribution in [1.29, 1.82) is 0 Å². The topological polar surface area (TPSA) is 48.5 Å². The molecule has 0 saturated carbocycles. The van der Waals surface area contributed by atoms with Gasteiger partial charge in [0.1, 0.15) is 0 Å². The molecule has 3 rings (SSSR count). The van der Waals surface area contributed by atoms with Gasteiger partial charge >= 0.3 is 0 Å². The van der Waals surface area contributed by atoms with Crippen LogP contribution in [0.15, 0.2) is 48.8 Å². The maximum Gasteiger partial charge on any atom is 0.251 e. The van der Waals surface area contributed by atoms with E-state index in [1.54, 1.807) is 0 Å². The maximum atomic E-state index is 12.3. The zero-order valence-electron chi connectivity index (χ0n) is 15.4. The fraction of sp³-hybridized carbons (Fsp3) is 0.400. The second-order valence-corrected chi connectivity index (χ2v) is 8.97. The number of piperazine rings is 1. The number of pyridine rings is 1. The van der Waals surface area contributed by atoms with Gasteiger partial charge in [0, 0.05) is 54.5 Å². The SMILES string of the molecule is CC(C)(C)NC(=O)c1ccc(N2CCN(c3ccncc3)CC2I)cc1. The van der Waals surface area contributed by atoms with Gasteiger partial charge in [0.15, 0.2) is 0 Å². The van der Waals surface area contributed by atoms with Crippen molar-refractivity contribution in [1.82, 2.24) is 10.3 Å². The molecule has 5 nitrogen and oxygen atoms in total. The highest BCUT2D eigenvalue weighted by atomic mass is 127. The van der Waals surface area contributed by atoms with Crippen molar-refractivity contribution in [2.75, 3.05) is 29.4 Å². The van der Waals surface area contributed by atoms with E-state index in [1.165, 1.54) is 5.69 Å². The predicted molar refractivity (Wildman–Crippen MR) is 115 cm³/mol. The van der Waals surface area contributed by atoms with Crippen LogP contribution in [0.1, 0.15) is 31.1 Å². The quantitative estimate of drug-likeness (QED) is 0.428. The molecule has 1 aromatic carbocycles. The summed E-state index contributed by atoms with van der Waals surface area (Å²) in [7, 11) is 0. The number of benzene rings is 1. The molecule has 2 heterocycles. The first-order valence-corrected chi connectivity index (χ1v) is 10.1. The predicted octanol–water partition coefficient (Wildman–Crippen LogP) is 3.70.